The minimum Gasteiger partial charge on any atom is -0.469 e. The number of esters is 1. The maximum atomic E-state index is 12.1. The largest absolute Gasteiger partial charge is 0.469 e. The van der Waals surface area contributed by atoms with Crippen molar-refractivity contribution in [2.24, 2.45) is 0 Å². The van der Waals surface area contributed by atoms with Crippen LogP contribution in [0.15, 0.2) is 33.9 Å². The van der Waals surface area contributed by atoms with Crippen LogP contribution >= 0.6 is 0 Å². The van der Waals surface area contributed by atoms with Gasteiger partial charge in [-0.25, -0.2) is 4.79 Å². The van der Waals surface area contributed by atoms with E-state index in [1.807, 2.05) is 0 Å². The standard InChI is InChI=1S/C13H14N2O4/c1-19-11(16)7-4-8-15-12(17)9-5-2-3-6-10(9)14-13(15)18/h2-3,5-6H,4,7-8H2,1H3,(H,14,18). The number of carbonyl (C=O) groups excluding carboxylic acids is 1. The normalized spacial score (nSPS) is 10.6. The SMILES string of the molecule is COC(=O)CCCn1c(=O)[nH]c2ccccc2c1=O. The third kappa shape index (κ3) is 2.73. The van der Waals surface area contributed by atoms with Crippen molar-refractivity contribution in [2.45, 2.75) is 19.4 Å². The molecule has 0 saturated carbocycles. The molecule has 0 unspecified atom stereocenters. The van der Waals surface area contributed by atoms with Crippen LogP contribution in [0.25, 0.3) is 10.9 Å². The summed E-state index contributed by atoms with van der Waals surface area (Å²) in [5, 5.41) is 0.458. The number of hydrogen-bond acceptors (Lipinski definition) is 4. The van der Waals surface area contributed by atoms with E-state index in [0.29, 0.717) is 17.3 Å². The number of nitrogens with zero attached hydrogens (tertiary/aromatic N) is 1. The minimum atomic E-state index is -0.464. The summed E-state index contributed by atoms with van der Waals surface area (Å²) in [6, 6.07) is 6.82. The fourth-order valence-electron chi connectivity index (χ4n) is 1.89. The summed E-state index contributed by atoms with van der Waals surface area (Å²) in [5.41, 5.74) is -0.292. The molecule has 0 aliphatic heterocycles. The van der Waals surface area contributed by atoms with Crippen molar-refractivity contribution >= 4 is 16.9 Å². The van der Waals surface area contributed by atoms with E-state index in [4.69, 9.17) is 0 Å². The molecule has 0 fully saturated rings. The van der Waals surface area contributed by atoms with Gasteiger partial charge in [-0.2, -0.15) is 0 Å². The first-order valence-corrected chi connectivity index (χ1v) is 5.92. The monoisotopic (exact) mass is 262 g/mol. The second-order valence-corrected chi connectivity index (χ2v) is 4.11. The molecule has 0 saturated heterocycles. The van der Waals surface area contributed by atoms with Gasteiger partial charge in [-0.1, -0.05) is 12.1 Å². The Hall–Kier alpha value is -2.37. The molecular weight excluding hydrogens is 248 g/mol. The number of ether oxygens (including phenoxy) is 1. The quantitative estimate of drug-likeness (QED) is 0.820. The Bertz CT molecular complexity index is 714. The van der Waals surface area contributed by atoms with Gasteiger partial charge in [-0.3, -0.25) is 14.2 Å². The molecule has 2 rings (SSSR count). The van der Waals surface area contributed by atoms with Gasteiger partial charge in [0.05, 0.1) is 18.0 Å². The predicted molar refractivity (Wildman–Crippen MR) is 70.1 cm³/mol. The molecule has 6 nitrogen and oxygen atoms in total. The molecule has 1 N–H and O–H groups in total. The van der Waals surface area contributed by atoms with Gasteiger partial charge in [0.25, 0.3) is 5.56 Å². The zero-order valence-electron chi connectivity index (χ0n) is 10.5. The zero-order chi connectivity index (χ0) is 13.8. The Morgan fingerprint density at radius 2 is 2.05 bits per heavy atom. The topological polar surface area (TPSA) is 81.2 Å². The summed E-state index contributed by atoms with van der Waals surface area (Å²) in [5.74, 6) is -0.356. The van der Waals surface area contributed by atoms with E-state index in [2.05, 4.69) is 9.72 Å². The summed E-state index contributed by atoms with van der Waals surface area (Å²) < 4.78 is 5.61. The molecule has 0 amide bonds. The van der Waals surface area contributed by atoms with Crippen LogP contribution in [0.4, 0.5) is 0 Å². The lowest BCUT2D eigenvalue weighted by Gasteiger charge is -2.05. The number of nitrogens with one attached hydrogen (secondary N) is 1. The van der Waals surface area contributed by atoms with Gasteiger partial charge in [0.1, 0.15) is 0 Å². The van der Waals surface area contributed by atoms with Crippen LogP contribution in [0, 0.1) is 0 Å². The van der Waals surface area contributed by atoms with E-state index in [-0.39, 0.29) is 24.5 Å². The summed E-state index contributed by atoms with van der Waals surface area (Å²) >= 11 is 0. The second kappa shape index (κ2) is 5.51. The fraction of sp³-hybridized carbons (Fsp3) is 0.308. The molecule has 19 heavy (non-hydrogen) atoms. The Labute approximate surface area is 108 Å². The molecule has 100 valence electrons. The van der Waals surface area contributed by atoms with Crippen LogP contribution in [0.5, 0.6) is 0 Å². The number of para-hydroxylation sites is 1. The smallest absolute Gasteiger partial charge is 0.328 e. The van der Waals surface area contributed by atoms with Crippen molar-refractivity contribution in [3.63, 3.8) is 0 Å². The van der Waals surface area contributed by atoms with Crippen LogP contribution in [0.1, 0.15) is 12.8 Å². The van der Waals surface area contributed by atoms with E-state index in [9.17, 15) is 14.4 Å². The van der Waals surface area contributed by atoms with Crippen LogP contribution in [-0.4, -0.2) is 22.6 Å². The van der Waals surface area contributed by atoms with E-state index in [0.717, 1.165) is 4.57 Å². The Balaban J connectivity index is 2.31. The van der Waals surface area contributed by atoms with Crippen LogP contribution in [0.3, 0.4) is 0 Å². The molecule has 0 spiro atoms. The molecule has 0 aliphatic carbocycles. The van der Waals surface area contributed by atoms with Crippen LogP contribution < -0.4 is 11.2 Å². The molecular formula is C13H14N2O4. The molecule has 1 heterocycles. The lowest BCUT2D eigenvalue weighted by atomic mass is 10.2. The number of methoxy groups -OCH3 is 1. The van der Waals surface area contributed by atoms with Gasteiger partial charge in [0, 0.05) is 13.0 Å². The molecule has 1 aromatic heterocycles. The summed E-state index contributed by atoms with van der Waals surface area (Å²) in [6.45, 7) is 0.189. The number of fused-ring (bicyclic) bond motifs is 1. The number of H-pyrrole nitrogens is 1. The first-order valence-electron chi connectivity index (χ1n) is 5.92. The van der Waals surface area contributed by atoms with Crippen molar-refractivity contribution in [1.82, 2.24) is 9.55 Å². The van der Waals surface area contributed by atoms with Gasteiger partial charge < -0.3 is 9.72 Å². The molecule has 0 atom stereocenters. The maximum absolute atomic E-state index is 12.1. The molecule has 0 radical (unpaired) electrons. The first kappa shape index (κ1) is 13.1. The van der Waals surface area contributed by atoms with Gasteiger partial charge >= 0.3 is 11.7 Å². The van der Waals surface area contributed by atoms with Crippen molar-refractivity contribution in [1.29, 1.82) is 0 Å². The van der Waals surface area contributed by atoms with Gasteiger partial charge in [-0.15, -0.1) is 0 Å². The van der Waals surface area contributed by atoms with Gasteiger partial charge in [-0.05, 0) is 18.6 Å². The third-order valence-electron chi connectivity index (χ3n) is 2.88. The first-order chi connectivity index (χ1) is 9.13. The van der Waals surface area contributed by atoms with Crippen molar-refractivity contribution in [3.05, 3.63) is 45.1 Å². The highest BCUT2D eigenvalue weighted by molar-refractivity contribution is 5.76. The van der Waals surface area contributed by atoms with E-state index in [1.54, 1.807) is 24.3 Å². The fourth-order valence-corrected chi connectivity index (χ4v) is 1.89. The predicted octanol–water partition coefficient (Wildman–Crippen LogP) is 0.643. The number of rotatable bonds is 4. The second-order valence-electron chi connectivity index (χ2n) is 4.11. The molecule has 1 aromatic carbocycles. The van der Waals surface area contributed by atoms with Gasteiger partial charge in [0.2, 0.25) is 0 Å². The van der Waals surface area contributed by atoms with Crippen molar-refractivity contribution in [2.75, 3.05) is 7.11 Å². The third-order valence-corrected chi connectivity index (χ3v) is 2.88. The van der Waals surface area contributed by atoms with E-state index in [1.165, 1.54) is 7.11 Å². The molecule has 6 heteroatoms. The average molecular weight is 262 g/mol. The lowest BCUT2D eigenvalue weighted by molar-refractivity contribution is -0.140. The van der Waals surface area contributed by atoms with Crippen LogP contribution in [-0.2, 0) is 16.1 Å². The van der Waals surface area contributed by atoms with Crippen molar-refractivity contribution in [3.8, 4) is 0 Å². The zero-order valence-corrected chi connectivity index (χ0v) is 10.5. The van der Waals surface area contributed by atoms with Crippen LogP contribution in [0.2, 0.25) is 0 Å². The van der Waals surface area contributed by atoms with E-state index < -0.39 is 5.69 Å². The highest BCUT2D eigenvalue weighted by Gasteiger charge is 2.07. The van der Waals surface area contributed by atoms with Gasteiger partial charge in [0.15, 0.2) is 0 Å². The number of hydrogen-bond donors (Lipinski definition) is 1. The Morgan fingerprint density at radius 3 is 2.79 bits per heavy atom. The van der Waals surface area contributed by atoms with Crippen molar-refractivity contribution < 1.29 is 9.53 Å². The number of aromatic nitrogens is 2. The highest BCUT2D eigenvalue weighted by Crippen LogP contribution is 2.03. The number of carbonyl (C=O) groups is 1. The Morgan fingerprint density at radius 1 is 1.32 bits per heavy atom. The minimum absolute atomic E-state index is 0.176. The van der Waals surface area contributed by atoms with E-state index >= 15 is 0 Å². The Kier molecular flexibility index (Phi) is 3.79. The summed E-state index contributed by atoms with van der Waals surface area (Å²) in [4.78, 5) is 37.5. The maximum Gasteiger partial charge on any atom is 0.328 e. The molecule has 0 aliphatic rings. The number of benzene rings is 1. The lowest BCUT2D eigenvalue weighted by Crippen LogP contribution is -2.35. The average Bonchev–Trinajstić information content (AvgIpc) is 2.42. The molecule has 0 bridgehead atoms. The highest BCUT2D eigenvalue weighted by atomic mass is 16.5. The molecule has 2 aromatic rings. The summed E-state index contributed by atoms with van der Waals surface area (Å²) in [6.07, 6.45) is 0.559. The summed E-state index contributed by atoms with van der Waals surface area (Å²) in [7, 11) is 1.30. The number of aromatic amines is 1.